The second kappa shape index (κ2) is 7.20. The van der Waals surface area contributed by atoms with Crippen LogP contribution in [-0.2, 0) is 4.79 Å². The maximum Gasteiger partial charge on any atom is 0.320 e. The zero-order valence-electron chi connectivity index (χ0n) is 11.6. The highest BCUT2D eigenvalue weighted by Gasteiger charge is 2.22. The van der Waals surface area contributed by atoms with E-state index in [9.17, 15) is 9.59 Å². The van der Waals surface area contributed by atoms with Crippen LogP contribution in [0.25, 0.3) is 0 Å². The summed E-state index contributed by atoms with van der Waals surface area (Å²) in [5.41, 5.74) is 0. The monoisotopic (exact) mass is 256 g/mol. The summed E-state index contributed by atoms with van der Waals surface area (Å²) in [4.78, 5) is 29.0. The molecule has 3 amide bonds. The molecular weight excluding hydrogens is 232 g/mol. The Morgan fingerprint density at radius 3 is 2.22 bits per heavy atom. The summed E-state index contributed by atoms with van der Waals surface area (Å²) in [5, 5.41) is 3.20. The molecule has 1 fully saturated rings. The molecule has 0 saturated carbocycles. The first-order valence-electron chi connectivity index (χ1n) is 6.58. The average Bonchev–Trinajstić information content (AvgIpc) is 2.40. The van der Waals surface area contributed by atoms with Gasteiger partial charge in [0.2, 0.25) is 5.91 Å². The van der Waals surface area contributed by atoms with Crippen molar-refractivity contribution >= 4 is 11.9 Å². The van der Waals surface area contributed by atoms with Crippen LogP contribution in [0.15, 0.2) is 0 Å². The van der Waals surface area contributed by atoms with Gasteiger partial charge in [-0.25, -0.2) is 4.79 Å². The molecule has 1 aliphatic rings. The van der Waals surface area contributed by atoms with Crippen molar-refractivity contribution in [2.45, 2.75) is 13.8 Å². The van der Waals surface area contributed by atoms with E-state index >= 15 is 0 Å². The van der Waals surface area contributed by atoms with E-state index in [1.165, 1.54) is 4.90 Å². The topological polar surface area (TPSA) is 55.9 Å². The fourth-order valence-corrected chi connectivity index (χ4v) is 2.04. The van der Waals surface area contributed by atoms with Crippen LogP contribution in [0.2, 0.25) is 0 Å². The lowest BCUT2D eigenvalue weighted by Crippen LogP contribution is -2.52. The Balaban J connectivity index is 2.45. The molecule has 0 atom stereocenters. The lowest BCUT2D eigenvalue weighted by Gasteiger charge is -2.32. The van der Waals surface area contributed by atoms with Crippen molar-refractivity contribution in [3.05, 3.63) is 0 Å². The normalized spacial score (nSPS) is 15.4. The van der Waals surface area contributed by atoms with Crippen LogP contribution >= 0.6 is 0 Å². The van der Waals surface area contributed by atoms with Crippen LogP contribution in [0.5, 0.6) is 0 Å². The van der Waals surface area contributed by atoms with Gasteiger partial charge in [-0.15, -0.1) is 0 Å². The first-order chi connectivity index (χ1) is 8.60. The Kier molecular flexibility index (Phi) is 5.91. The molecule has 0 aromatic heterocycles. The number of piperazine rings is 1. The third-order valence-electron chi connectivity index (χ3n) is 3.20. The number of hydrogen-bond donors (Lipinski definition) is 1. The Morgan fingerprint density at radius 1 is 1.17 bits per heavy atom. The summed E-state index contributed by atoms with van der Waals surface area (Å²) in [6.07, 6.45) is 0. The summed E-state index contributed by atoms with van der Waals surface area (Å²) in [5.74, 6) is 0.00554. The van der Waals surface area contributed by atoms with Crippen molar-refractivity contribution in [1.29, 1.82) is 0 Å². The van der Waals surface area contributed by atoms with Crippen molar-refractivity contribution in [2.24, 2.45) is 0 Å². The number of nitrogens with zero attached hydrogens (tertiary/aromatic N) is 3. The lowest BCUT2D eigenvalue weighted by atomic mass is 10.3. The van der Waals surface area contributed by atoms with Crippen LogP contribution in [0.4, 0.5) is 4.79 Å². The third-order valence-corrected chi connectivity index (χ3v) is 3.20. The summed E-state index contributed by atoms with van der Waals surface area (Å²) >= 11 is 0. The van der Waals surface area contributed by atoms with Crippen LogP contribution in [0.3, 0.4) is 0 Å². The molecule has 1 saturated heterocycles. The van der Waals surface area contributed by atoms with E-state index < -0.39 is 0 Å². The van der Waals surface area contributed by atoms with Crippen molar-refractivity contribution in [3.8, 4) is 0 Å². The quantitative estimate of drug-likeness (QED) is 0.758. The van der Waals surface area contributed by atoms with Crippen LogP contribution in [-0.4, -0.2) is 79.5 Å². The van der Waals surface area contributed by atoms with Gasteiger partial charge in [0.25, 0.3) is 0 Å². The molecule has 1 N–H and O–H groups in total. The minimum Gasteiger partial charge on any atom is -0.342 e. The molecule has 1 heterocycles. The van der Waals surface area contributed by atoms with E-state index in [-0.39, 0.29) is 18.5 Å². The Hall–Kier alpha value is -1.30. The van der Waals surface area contributed by atoms with E-state index in [2.05, 4.69) is 5.32 Å². The van der Waals surface area contributed by atoms with Crippen molar-refractivity contribution < 1.29 is 9.59 Å². The van der Waals surface area contributed by atoms with Crippen molar-refractivity contribution in [3.63, 3.8) is 0 Å². The highest BCUT2D eigenvalue weighted by molar-refractivity contribution is 5.84. The van der Waals surface area contributed by atoms with Crippen molar-refractivity contribution in [1.82, 2.24) is 20.0 Å². The lowest BCUT2D eigenvalue weighted by molar-refractivity contribution is -0.131. The fraction of sp³-hybridized carbons (Fsp3) is 0.833. The molecule has 1 aliphatic heterocycles. The number of carbonyl (C=O) groups excluding carboxylic acids is 2. The van der Waals surface area contributed by atoms with Gasteiger partial charge >= 0.3 is 6.03 Å². The maximum atomic E-state index is 12.1. The molecule has 104 valence electrons. The van der Waals surface area contributed by atoms with E-state index in [1.54, 1.807) is 16.8 Å². The molecule has 0 bridgehead atoms. The Bertz CT molecular complexity index is 286. The minimum absolute atomic E-state index is 0.00554. The number of urea groups is 1. The fourth-order valence-electron chi connectivity index (χ4n) is 2.04. The predicted molar refractivity (Wildman–Crippen MR) is 70.4 cm³/mol. The molecule has 0 unspecified atom stereocenters. The molecule has 0 aliphatic carbocycles. The highest BCUT2D eigenvalue weighted by Crippen LogP contribution is 2.00. The van der Waals surface area contributed by atoms with Gasteiger partial charge in [0.1, 0.15) is 6.54 Å². The second-order valence-corrected chi connectivity index (χ2v) is 4.44. The molecule has 18 heavy (non-hydrogen) atoms. The average molecular weight is 256 g/mol. The summed E-state index contributed by atoms with van der Waals surface area (Å²) in [7, 11) is 1.69. The van der Waals surface area contributed by atoms with Crippen LogP contribution < -0.4 is 5.32 Å². The smallest absolute Gasteiger partial charge is 0.320 e. The third kappa shape index (κ3) is 3.87. The van der Waals surface area contributed by atoms with Gasteiger partial charge in [0, 0.05) is 46.3 Å². The van der Waals surface area contributed by atoms with Crippen molar-refractivity contribution in [2.75, 3.05) is 52.9 Å². The largest absolute Gasteiger partial charge is 0.342 e. The zero-order chi connectivity index (χ0) is 13.5. The standard InChI is InChI=1S/C12H24N4O2/c1-4-15(5-2)11(17)10-14(3)12(18)16-8-6-13-7-9-16/h13H,4-10H2,1-3H3. The van der Waals surface area contributed by atoms with E-state index in [0.717, 1.165) is 13.1 Å². The number of nitrogens with one attached hydrogen (secondary N) is 1. The number of hydrogen-bond acceptors (Lipinski definition) is 3. The molecule has 0 aromatic carbocycles. The van der Waals surface area contributed by atoms with E-state index in [0.29, 0.717) is 26.2 Å². The first-order valence-corrected chi connectivity index (χ1v) is 6.58. The van der Waals surface area contributed by atoms with Crippen LogP contribution in [0, 0.1) is 0 Å². The van der Waals surface area contributed by atoms with Gasteiger partial charge in [-0.05, 0) is 13.8 Å². The van der Waals surface area contributed by atoms with Gasteiger partial charge in [-0.2, -0.15) is 0 Å². The number of likely N-dealkylation sites (N-methyl/N-ethyl adjacent to an activating group) is 2. The number of rotatable bonds is 4. The zero-order valence-corrected chi connectivity index (χ0v) is 11.6. The minimum atomic E-state index is -0.0583. The summed E-state index contributed by atoms with van der Waals surface area (Å²) in [6, 6.07) is -0.0583. The van der Waals surface area contributed by atoms with E-state index in [4.69, 9.17) is 0 Å². The molecule has 0 spiro atoms. The number of carbonyl (C=O) groups is 2. The van der Waals surface area contributed by atoms with Gasteiger partial charge in [0.15, 0.2) is 0 Å². The molecule has 1 rings (SSSR count). The van der Waals surface area contributed by atoms with Gasteiger partial charge < -0.3 is 20.0 Å². The molecular formula is C12H24N4O2. The SMILES string of the molecule is CCN(CC)C(=O)CN(C)C(=O)N1CCNCC1. The Morgan fingerprint density at radius 2 is 1.72 bits per heavy atom. The molecule has 6 heteroatoms. The van der Waals surface area contributed by atoms with Gasteiger partial charge in [-0.3, -0.25) is 4.79 Å². The molecule has 0 aromatic rings. The predicted octanol–water partition coefficient (Wildman–Crippen LogP) is -0.188. The maximum absolute atomic E-state index is 12.1. The van der Waals surface area contributed by atoms with Crippen LogP contribution in [0.1, 0.15) is 13.8 Å². The summed E-state index contributed by atoms with van der Waals surface area (Å²) < 4.78 is 0. The molecule has 0 radical (unpaired) electrons. The van der Waals surface area contributed by atoms with E-state index in [1.807, 2.05) is 13.8 Å². The summed E-state index contributed by atoms with van der Waals surface area (Å²) in [6.45, 7) is 8.48. The highest BCUT2D eigenvalue weighted by atomic mass is 16.2. The van der Waals surface area contributed by atoms with Gasteiger partial charge in [-0.1, -0.05) is 0 Å². The number of amides is 3. The molecule has 6 nitrogen and oxygen atoms in total. The Labute approximate surface area is 109 Å². The second-order valence-electron chi connectivity index (χ2n) is 4.44. The van der Waals surface area contributed by atoms with Gasteiger partial charge in [0.05, 0.1) is 0 Å². The first kappa shape index (κ1) is 14.8.